The number of amides is 1. The van der Waals surface area contributed by atoms with E-state index in [2.05, 4.69) is 20.9 Å². The topological polar surface area (TPSA) is 105 Å². The molecule has 0 saturated heterocycles. The predicted octanol–water partition coefficient (Wildman–Crippen LogP) is 7.21. The van der Waals surface area contributed by atoms with Gasteiger partial charge in [0, 0.05) is 41.8 Å². The maximum Gasteiger partial charge on any atom is 0.416 e. The third-order valence-electron chi connectivity index (χ3n) is 7.08. The van der Waals surface area contributed by atoms with E-state index in [4.69, 9.17) is 14.7 Å². The summed E-state index contributed by atoms with van der Waals surface area (Å²) in [6, 6.07) is 22.8. The van der Waals surface area contributed by atoms with Crippen molar-refractivity contribution < 1.29 is 27.1 Å². The summed E-state index contributed by atoms with van der Waals surface area (Å²) in [6.07, 6.45) is -1.26. The minimum atomic E-state index is -4.70. The second kappa shape index (κ2) is 13.3. The summed E-state index contributed by atoms with van der Waals surface area (Å²) in [5.74, 6) is -0.777. The molecule has 0 atom stereocenters. The van der Waals surface area contributed by atoms with Gasteiger partial charge in [-0.05, 0) is 67.7 Å². The summed E-state index contributed by atoms with van der Waals surface area (Å²) in [5.41, 5.74) is 1.90. The quantitative estimate of drug-likeness (QED) is 0.107. The molecule has 1 amide bonds. The number of rotatable bonds is 10. The molecule has 3 heterocycles. The van der Waals surface area contributed by atoms with Gasteiger partial charge in [-0.1, -0.05) is 24.3 Å². The Morgan fingerprint density at radius 1 is 0.936 bits per heavy atom. The van der Waals surface area contributed by atoms with Gasteiger partial charge in [0.1, 0.15) is 23.8 Å². The van der Waals surface area contributed by atoms with Crippen LogP contribution in [0, 0.1) is 5.82 Å². The molecule has 3 aromatic heterocycles. The third-order valence-corrected chi connectivity index (χ3v) is 7.08. The van der Waals surface area contributed by atoms with Crippen molar-refractivity contribution in [3.05, 3.63) is 120 Å². The number of carbonyl (C=O) groups is 1. The van der Waals surface area contributed by atoms with Crippen LogP contribution in [0.2, 0.25) is 0 Å². The fourth-order valence-corrected chi connectivity index (χ4v) is 4.86. The zero-order chi connectivity index (χ0) is 33.0. The van der Waals surface area contributed by atoms with E-state index in [-0.39, 0.29) is 5.56 Å². The highest BCUT2D eigenvalue weighted by atomic mass is 19.4. The normalized spacial score (nSPS) is 11.4. The van der Waals surface area contributed by atoms with Crippen molar-refractivity contribution in [2.24, 2.45) is 0 Å². The van der Waals surface area contributed by atoms with Gasteiger partial charge in [0.15, 0.2) is 0 Å². The average molecular weight is 642 g/mol. The van der Waals surface area contributed by atoms with Gasteiger partial charge in [-0.25, -0.2) is 19.3 Å². The molecule has 3 N–H and O–H groups in total. The first-order valence-corrected chi connectivity index (χ1v) is 14.4. The standard InChI is InChI=1S/C34H27F4N7O2/c1-39-15-17-47-25-9-5-8-24(20-25)41-33-40-14-13-27(43-33)31-30(44-29-10-2-3-16-45(29)31)21-6-4-7-22(18-21)32(46)42-28-19-23(34(36,37)38)11-12-26(28)35/h2-14,16,18-20,39H,15,17H2,1H3,(H,42,46)(H,40,41,43). The van der Waals surface area contributed by atoms with Crippen LogP contribution < -0.4 is 20.7 Å². The van der Waals surface area contributed by atoms with Gasteiger partial charge in [0.2, 0.25) is 5.95 Å². The number of nitrogens with zero attached hydrogens (tertiary/aromatic N) is 4. The largest absolute Gasteiger partial charge is 0.492 e. The molecule has 3 aromatic carbocycles. The molecule has 0 saturated carbocycles. The van der Waals surface area contributed by atoms with Crippen LogP contribution in [0.25, 0.3) is 28.3 Å². The summed E-state index contributed by atoms with van der Waals surface area (Å²) in [4.78, 5) is 27.1. The fourth-order valence-electron chi connectivity index (χ4n) is 4.86. The summed E-state index contributed by atoms with van der Waals surface area (Å²) in [5, 5.41) is 8.50. The molecule has 0 unspecified atom stereocenters. The van der Waals surface area contributed by atoms with Crippen LogP contribution in [0.3, 0.4) is 0 Å². The Hall–Kier alpha value is -5.82. The van der Waals surface area contributed by atoms with E-state index in [1.165, 1.54) is 12.1 Å². The molecule has 9 nitrogen and oxygen atoms in total. The third kappa shape index (κ3) is 7.05. The molecule has 6 rings (SSSR count). The predicted molar refractivity (Wildman–Crippen MR) is 170 cm³/mol. The number of halogens is 4. The van der Waals surface area contributed by atoms with Crippen LogP contribution in [0.4, 0.5) is 34.9 Å². The van der Waals surface area contributed by atoms with E-state index >= 15 is 0 Å². The lowest BCUT2D eigenvalue weighted by Crippen LogP contribution is -2.15. The zero-order valence-electron chi connectivity index (χ0n) is 24.8. The highest BCUT2D eigenvalue weighted by Gasteiger charge is 2.31. The Labute approximate surface area is 266 Å². The first-order chi connectivity index (χ1) is 22.7. The number of imidazole rings is 1. The van der Waals surface area contributed by atoms with Crippen LogP contribution in [0.5, 0.6) is 5.75 Å². The summed E-state index contributed by atoms with van der Waals surface area (Å²) >= 11 is 0. The Bertz CT molecular complexity index is 2060. The van der Waals surface area contributed by atoms with E-state index in [9.17, 15) is 22.4 Å². The van der Waals surface area contributed by atoms with E-state index in [1.54, 1.807) is 24.4 Å². The number of alkyl halides is 3. The van der Waals surface area contributed by atoms with E-state index in [0.29, 0.717) is 71.3 Å². The molecule has 0 aliphatic heterocycles. The van der Waals surface area contributed by atoms with E-state index in [1.807, 2.05) is 60.1 Å². The Morgan fingerprint density at radius 2 is 1.79 bits per heavy atom. The maximum absolute atomic E-state index is 14.4. The van der Waals surface area contributed by atoms with Crippen molar-refractivity contribution in [3.8, 4) is 28.4 Å². The smallest absolute Gasteiger partial charge is 0.416 e. The van der Waals surface area contributed by atoms with Crippen LogP contribution >= 0.6 is 0 Å². The number of hydrogen-bond acceptors (Lipinski definition) is 7. The van der Waals surface area contributed by atoms with Crippen molar-refractivity contribution in [3.63, 3.8) is 0 Å². The number of carbonyl (C=O) groups excluding carboxylic acids is 1. The van der Waals surface area contributed by atoms with Crippen molar-refractivity contribution >= 4 is 28.9 Å². The lowest BCUT2D eigenvalue weighted by atomic mass is 10.0. The molecule has 13 heteroatoms. The molecule has 0 bridgehead atoms. The maximum atomic E-state index is 14.4. The Balaban J connectivity index is 1.32. The number of fused-ring (bicyclic) bond motifs is 1. The molecule has 0 radical (unpaired) electrons. The number of hydrogen-bond donors (Lipinski definition) is 3. The average Bonchev–Trinajstić information content (AvgIpc) is 3.46. The second-order valence-electron chi connectivity index (χ2n) is 10.3. The summed E-state index contributed by atoms with van der Waals surface area (Å²) in [6.45, 7) is 1.21. The van der Waals surface area contributed by atoms with E-state index in [0.717, 1.165) is 5.69 Å². The minimum Gasteiger partial charge on any atom is -0.492 e. The van der Waals surface area contributed by atoms with Gasteiger partial charge in [-0.2, -0.15) is 13.2 Å². The molecular formula is C34H27F4N7O2. The Kier molecular flexibility index (Phi) is 8.80. The summed E-state index contributed by atoms with van der Waals surface area (Å²) in [7, 11) is 1.85. The highest BCUT2D eigenvalue weighted by Crippen LogP contribution is 2.34. The first kappa shape index (κ1) is 31.2. The van der Waals surface area contributed by atoms with Crippen molar-refractivity contribution in [2.75, 3.05) is 30.8 Å². The monoisotopic (exact) mass is 641 g/mol. The van der Waals surface area contributed by atoms with Crippen LogP contribution in [-0.4, -0.2) is 45.5 Å². The molecule has 0 spiro atoms. The van der Waals surface area contributed by atoms with Gasteiger partial charge in [0.05, 0.1) is 28.3 Å². The summed E-state index contributed by atoms with van der Waals surface area (Å²) < 4.78 is 61.6. The lowest BCUT2D eigenvalue weighted by molar-refractivity contribution is -0.137. The fraction of sp³-hybridized carbons (Fsp3) is 0.118. The number of ether oxygens (including phenoxy) is 1. The lowest BCUT2D eigenvalue weighted by Gasteiger charge is -2.12. The van der Waals surface area contributed by atoms with Gasteiger partial charge in [0.25, 0.3) is 5.91 Å². The van der Waals surface area contributed by atoms with Crippen molar-refractivity contribution in [1.29, 1.82) is 0 Å². The van der Waals surface area contributed by atoms with Gasteiger partial charge < -0.3 is 20.7 Å². The zero-order valence-corrected chi connectivity index (χ0v) is 24.8. The van der Waals surface area contributed by atoms with Crippen LogP contribution in [0.15, 0.2) is 103 Å². The molecule has 0 aliphatic rings. The molecule has 47 heavy (non-hydrogen) atoms. The highest BCUT2D eigenvalue weighted by molar-refractivity contribution is 6.05. The van der Waals surface area contributed by atoms with Crippen LogP contribution in [-0.2, 0) is 6.18 Å². The number of likely N-dealkylation sites (N-methyl/N-ethyl adjacent to an activating group) is 1. The SMILES string of the molecule is CNCCOc1cccc(Nc2nccc(-c3c(-c4cccc(C(=O)Nc5cc(C(F)(F)F)ccc5F)c4)nc4ccccn34)n2)c1. The molecule has 0 fully saturated rings. The van der Waals surface area contributed by atoms with Gasteiger partial charge in [-0.15, -0.1) is 0 Å². The van der Waals surface area contributed by atoms with Gasteiger partial charge in [-0.3, -0.25) is 9.20 Å². The molecule has 0 aliphatic carbocycles. The molecular weight excluding hydrogens is 614 g/mol. The number of benzene rings is 3. The van der Waals surface area contributed by atoms with Crippen LogP contribution in [0.1, 0.15) is 15.9 Å². The number of pyridine rings is 1. The minimum absolute atomic E-state index is 0.0872. The number of nitrogens with one attached hydrogen (secondary N) is 3. The second-order valence-corrected chi connectivity index (χ2v) is 10.3. The first-order valence-electron chi connectivity index (χ1n) is 14.4. The number of anilines is 3. The Morgan fingerprint density at radius 3 is 2.62 bits per heavy atom. The van der Waals surface area contributed by atoms with Gasteiger partial charge >= 0.3 is 6.18 Å². The number of aromatic nitrogens is 4. The molecule has 238 valence electrons. The molecule has 6 aromatic rings. The van der Waals surface area contributed by atoms with Crippen molar-refractivity contribution in [2.45, 2.75) is 6.18 Å². The van der Waals surface area contributed by atoms with E-state index < -0.39 is 29.2 Å². The van der Waals surface area contributed by atoms with Crippen molar-refractivity contribution in [1.82, 2.24) is 24.7 Å².